The van der Waals surface area contributed by atoms with E-state index in [4.69, 9.17) is 28.8 Å². The molecule has 0 radical (unpaired) electrons. The van der Waals surface area contributed by atoms with Gasteiger partial charge in [-0.05, 0) is 84.4 Å². The minimum atomic E-state index is -2.54. The molecule has 302 valence electrons. The molecule has 1 saturated heterocycles. The molecule has 0 aromatic heterocycles. The van der Waals surface area contributed by atoms with Gasteiger partial charge in [0, 0.05) is 12.3 Å². The van der Waals surface area contributed by atoms with Crippen molar-refractivity contribution < 1.29 is 42.6 Å². The third kappa shape index (κ3) is 12.1. The molecular weight excluding hydrogens is 713 g/mol. The average molecular weight is 775 g/mol. The molecule has 3 rings (SSSR count). The fourth-order valence-corrected chi connectivity index (χ4v) is 8.07. The van der Waals surface area contributed by atoms with Gasteiger partial charge in [-0.2, -0.15) is 5.26 Å². The van der Waals surface area contributed by atoms with Crippen molar-refractivity contribution in [2.75, 3.05) is 6.61 Å². The Morgan fingerprint density at radius 2 is 1.81 bits per heavy atom. The maximum Gasteiger partial charge on any atom is 0.408 e. The van der Waals surface area contributed by atoms with E-state index < -0.39 is 73.9 Å². The molecule has 15 nitrogen and oxygen atoms in total. The van der Waals surface area contributed by atoms with E-state index in [0.717, 1.165) is 32.0 Å². The van der Waals surface area contributed by atoms with Crippen molar-refractivity contribution in [2.45, 2.75) is 161 Å². The second kappa shape index (κ2) is 19.2. The maximum absolute atomic E-state index is 14.0. The summed E-state index contributed by atoms with van der Waals surface area (Å²) in [6.07, 6.45) is 3.99. The van der Waals surface area contributed by atoms with E-state index in [0.29, 0.717) is 18.5 Å². The van der Waals surface area contributed by atoms with Crippen LogP contribution in [0, 0.1) is 34.5 Å². The largest absolute Gasteiger partial charge is 0.463 e. The molecule has 2 amide bonds. The smallest absolute Gasteiger partial charge is 0.408 e. The maximum atomic E-state index is 14.0. The molecule has 0 spiro atoms. The Balaban J connectivity index is 2.00. The zero-order chi connectivity index (χ0) is 40.4. The third-order valence-corrected chi connectivity index (χ3v) is 10.7. The molecule has 0 bridgehead atoms. The van der Waals surface area contributed by atoms with Crippen molar-refractivity contribution in [3.63, 3.8) is 0 Å². The normalized spacial score (nSPS) is 25.4. The molecule has 2 fully saturated rings. The van der Waals surface area contributed by atoms with Crippen molar-refractivity contribution in [3.05, 3.63) is 11.8 Å². The number of alkyl carbamates (subject to hydrolysis) is 1. The molecule has 16 heteroatoms. The predicted octanol–water partition coefficient (Wildman–Crippen LogP) is 5.26. The fourth-order valence-electron chi connectivity index (χ4n) is 7.00. The highest BCUT2D eigenvalue weighted by molar-refractivity contribution is 6.69. The topological polar surface area (TPSA) is 211 Å². The van der Waals surface area contributed by atoms with Crippen LogP contribution in [-0.4, -0.2) is 92.6 Å². The highest BCUT2D eigenvalue weighted by atomic mass is 28.4. The number of nitrogens with one attached hydrogen (secondary N) is 4. The number of hydrogen-bond acceptors (Lipinski definition) is 12. The first-order valence-corrected chi connectivity index (χ1v) is 22.6. The molecule has 4 N–H and O–H groups in total. The Morgan fingerprint density at radius 1 is 1.17 bits per heavy atom. The summed E-state index contributed by atoms with van der Waals surface area (Å²) in [5, 5.41) is 27.4. The first-order valence-electron chi connectivity index (χ1n) is 19.2. The van der Waals surface area contributed by atoms with E-state index in [2.05, 4.69) is 27.0 Å². The van der Waals surface area contributed by atoms with Gasteiger partial charge in [0.1, 0.15) is 42.9 Å². The summed E-state index contributed by atoms with van der Waals surface area (Å²) in [6, 6.07) is 0.398. The molecule has 2 unspecified atom stereocenters. The summed E-state index contributed by atoms with van der Waals surface area (Å²) < 4.78 is 30.7. The lowest BCUT2D eigenvalue weighted by Crippen LogP contribution is -2.59. The number of nitriles is 1. The van der Waals surface area contributed by atoms with E-state index in [1.165, 1.54) is 0 Å². The van der Waals surface area contributed by atoms with Crippen LogP contribution >= 0.6 is 0 Å². The lowest BCUT2D eigenvalue weighted by atomic mass is 9.87. The number of aliphatic imine (C=N–C) groups is 1. The van der Waals surface area contributed by atoms with Crippen molar-refractivity contribution in [1.82, 2.24) is 16.0 Å². The molecule has 0 aromatic carbocycles. The molecule has 3 aliphatic rings. The van der Waals surface area contributed by atoms with Gasteiger partial charge in [-0.15, -0.1) is 0 Å². The zero-order valence-corrected chi connectivity index (χ0v) is 34.7. The van der Waals surface area contributed by atoms with Gasteiger partial charge in [0.15, 0.2) is 20.3 Å². The summed E-state index contributed by atoms with van der Waals surface area (Å²) >= 11 is 0. The minimum absolute atomic E-state index is 0.117. The Morgan fingerprint density at radius 3 is 2.35 bits per heavy atom. The van der Waals surface area contributed by atoms with Crippen molar-refractivity contribution in [2.24, 2.45) is 22.7 Å². The number of amides is 2. The van der Waals surface area contributed by atoms with Gasteiger partial charge >= 0.3 is 18.0 Å². The first kappa shape index (κ1) is 44.6. The van der Waals surface area contributed by atoms with Crippen LogP contribution in [0.1, 0.15) is 99.8 Å². The van der Waals surface area contributed by atoms with Crippen molar-refractivity contribution in [3.8, 4) is 6.07 Å². The highest BCUT2D eigenvalue weighted by Gasteiger charge is 2.64. The average Bonchev–Trinajstić information content (AvgIpc) is 3.83. The van der Waals surface area contributed by atoms with Crippen LogP contribution < -0.4 is 16.0 Å². The second-order valence-corrected chi connectivity index (χ2v) is 21.1. The Bertz CT molecular complexity index is 1460. The van der Waals surface area contributed by atoms with Crippen molar-refractivity contribution >= 4 is 44.4 Å². The summed E-state index contributed by atoms with van der Waals surface area (Å²) in [5.41, 5.74) is -2.23. The van der Waals surface area contributed by atoms with E-state index in [9.17, 15) is 24.4 Å². The van der Waals surface area contributed by atoms with Crippen LogP contribution in [-0.2, 0) is 37.8 Å². The monoisotopic (exact) mass is 774 g/mol. The second-order valence-electron chi connectivity index (χ2n) is 16.7. The number of hydrogen-bond donors (Lipinski definition) is 4. The molecule has 2 aliphatic heterocycles. The molecule has 1 aliphatic carbocycles. The van der Waals surface area contributed by atoms with Crippen LogP contribution in [0.4, 0.5) is 4.79 Å². The Kier molecular flexibility index (Phi) is 15.8. The van der Waals surface area contributed by atoms with Crippen molar-refractivity contribution in [1.29, 1.82) is 10.7 Å². The number of amidine groups is 1. The Labute approximate surface area is 321 Å². The number of carbonyl (C=O) groups excluding carboxylic acids is 4. The summed E-state index contributed by atoms with van der Waals surface area (Å²) in [7, 11) is -2.54. The fraction of sp³-hybridized carbons (Fsp3) is 0.763. The molecular formula is C38H62N6O9Si. The van der Waals surface area contributed by atoms with Gasteiger partial charge in [0.05, 0.1) is 11.7 Å². The highest BCUT2D eigenvalue weighted by Crippen LogP contribution is 2.42. The van der Waals surface area contributed by atoms with E-state index in [1.54, 1.807) is 40.7 Å². The van der Waals surface area contributed by atoms with E-state index >= 15 is 0 Å². The van der Waals surface area contributed by atoms with Crippen LogP contribution in [0.5, 0.6) is 0 Å². The van der Waals surface area contributed by atoms with Gasteiger partial charge in [-0.3, -0.25) is 15.0 Å². The van der Waals surface area contributed by atoms with Crippen LogP contribution in [0.2, 0.25) is 19.6 Å². The van der Waals surface area contributed by atoms with Crippen LogP contribution in [0.25, 0.3) is 0 Å². The predicted molar refractivity (Wildman–Crippen MR) is 205 cm³/mol. The third-order valence-electron chi connectivity index (χ3n) is 9.72. The molecule has 0 aromatic rings. The van der Waals surface area contributed by atoms with Gasteiger partial charge in [-0.1, -0.05) is 46.6 Å². The summed E-state index contributed by atoms with van der Waals surface area (Å²) in [4.78, 5) is 57.0. The lowest BCUT2D eigenvalue weighted by Gasteiger charge is -2.38. The minimum Gasteiger partial charge on any atom is -0.463 e. The number of esters is 2. The molecule has 6 atom stereocenters. The van der Waals surface area contributed by atoms with E-state index in [1.807, 2.05) is 33.5 Å². The lowest BCUT2D eigenvalue weighted by molar-refractivity contribution is -0.163. The number of nitrogens with zero attached hydrogens (tertiary/aromatic N) is 2. The number of rotatable bonds is 16. The van der Waals surface area contributed by atoms with Gasteiger partial charge in [0.25, 0.3) is 0 Å². The number of ether oxygens (including phenoxy) is 4. The van der Waals surface area contributed by atoms with E-state index in [-0.39, 0.29) is 43.0 Å². The Hall–Kier alpha value is -3.81. The zero-order valence-electron chi connectivity index (χ0n) is 33.7. The van der Waals surface area contributed by atoms with Crippen LogP contribution in [0.15, 0.2) is 16.8 Å². The molecule has 54 heavy (non-hydrogen) atoms. The standard InChI is InChI=1S/C38H62N6O9Si/c1-11-25(12-2)34(46)44-33(41-22-40)26-17-18-28(42-26)38(21-39)32(53-54(8,9)10)31(27(51-38)20-49-29(45)19-24-15-13-14-16-24)50-35(47)30(23(3)4)43-36(48)52-37(5,6)7/h17,22-25,27-28,30-32,42H,11-16,18-20H2,1-10H3,(H,43,48)(H2,40,41,44,46)/t27-,28?,30+,31-,32?,38+/m1/s1. The SMILES string of the molecule is CCC(CC)C(=O)N/C(=N/C=N)C1=CCC([C@]2(C#N)O[C@H](COC(=O)CC3CCCC3)[C@@H](OC(=O)[C@@H](NC(=O)OC(C)(C)C)C(C)C)C2O[Si](C)(C)C)N1. The van der Waals surface area contributed by atoms with Gasteiger partial charge in [-0.25, -0.2) is 14.6 Å². The molecule has 2 heterocycles. The first-order chi connectivity index (χ1) is 25.3. The van der Waals surface area contributed by atoms with Gasteiger partial charge in [0.2, 0.25) is 11.5 Å². The van der Waals surface area contributed by atoms with Gasteiger partial charge < -0.3 is 39.3 Å². The molecule has 1 saturated carbocycles. The quantitative estimate of drug-likeness (QED) is 0.0523. The number of carbonyl (C=O) groups is 4. The van der Waals surface area contributed by atoms with Crippen LogP contribution in [0.3, 0.4) is 0 Å². The summed E-state index contributed by atoms with van der Waals surface area (Å²) in [5.74, 6) is -1.79. The summed E-state index contributed by atoms with van der Waals surface area (Å²) in [6.45, 7) is 17.9.